The number of nitrogens with one attached hydrogen (secondary N) is 1. The van der Waals surface area contributed by atoms with Crippen LogP contribution in [0.5, 0.6) is 0 Å². The van der Waals surface area contributed by atoms with Gasteiger partial charge in [0.05, 0.1) is 12.0 Å². The molecule has 4 heteroatoms. The van der Waals surface area contributed by atoms with Gasteiger partial charge in [0.1, 0.15) is 0 Å². The van der Waals surface area contributed by atoms with E-state index >= 15 is 0 Å². The van der Waals surface area contributed by atoms with Gasteiger partial charge in [-0.3, -0.25) is 4.79 Å². The van der Waals surface area contributed by atoms with Gasteiger partial charge >= 0.3 is 0 Å². The summed E-state index contributed by atoms with van der Waals surface area (Å²) in [5.74, 6) is 0.652. The molecular formula is C16H22N2O2. The summed E-state index contributed by atoms with van der Waals surface area (Å²) in [4.78, 5) is 14.5. The molecule has 1 aromatic carbocycles. The number of benzene rings is 1. The Labute approximate surface area is 119 Å². The molecule has 4 nitrogen and oxygen atoms in total. The number of amides is 1. The zero-order valence-electron chi connectivity index (χ0n) is 11.9. The Morgan fingerprint density at radius 2 is 2.15 bits per heavy atom. The van der Waals surface area contributed by atoms with Crippen LogP contribution >= 0.6 is 0 Å². The van der Waals surface area contributed by atoms with Crippen LogP contribution in [0.1, 0.15) is 30.7 Å². The number of anilines is 1. The number of carbonyl (C=O) groups is 1. The molecule has 1 atom stereocenters. The van der Waals surface area contributed by atoms with E-state index in [-0.39, 0.29) is 17.9 Å². The van der Waals surface area contributed by atoms with Gasteiger partial charge in [0.2, 0.25) is 5.91 Å². The molecular weight excluding hydrogens is 252 g/mol. The van der Waals surface area contributed by atoms with Crippen LogP contribution in [0.4, 0.5) is 5.69 Å². The SMILES string of the molecule is CN(CC1CC(O)C1)C(=O)C1CCNc2ccccc21. The summed E-state index contributed by atoms with van der Waals surface area (Å²) in [6.45, 7) is 1.62. The summed E-state index contributed by atoms with van der Waals surface area (Å²) in [6, 6.07) is 8.08. The van der Waals surface area contributed by atoms with Crippen molar-refractivity contribution in [3.05, 3.63) is 29.8 Å². The fraction of sp³-hybridized carbons (Fsp3) is 0.562. The maximum Gasteiger partial charge on any atom is 0.230 e. The highest BCUT2D eigenvalue weighted by Gasteiger charge is 2.32. The first kappa shape index (κ1) is 13.4. The predicted molar refractivity (Wildman–Crippen MR) is 78.7 cm³/mol. The Kier molecular flexibility index (Phi) is 3.66. The zero-order chi connectivity index (χ0) is 14.1. The Hall–Kier alpha value is -1.55. The largest absolute Gasteiger partial charge is 0.393 e. The first-order chi connectivity index (χ1) is 9.65. The van der Waals surface area contributed by atoms with Gasteiger partial charge in [0, 0.05) is 25.8 Å². The normalized spacial score (nSPS) is 28.0. The third-order valence-electron chi connectivity index (χ3n) is 4.50. The van der Waals surface area contributed by atoms with E-state index in [2.05, 4.69) is 5.32 Å². The van der Waals surface area contributed by atoms with Crippen molar-refractivity contribution in [1.82, 2.24) is 4.90 Å². The first-order valence-corrected chi connectivity index (χ1v) is 7.41. The lowest BCUT2D eigenvalue weighted by atomic mass is 9.82. The van der Waals surface area contributed by atoms with E-state index in [0.717, 1.165) is 43.6 Å². The second-order valence-corrected chi connectivity index (χ2v) is 6.07. The van der Waals surface area contributed by atoms with Gasteiger partial charge in [-0.15, -0.1) is 0 Å². The lowest BCUT2D eigenvalue weighted by Crippen LogP contribution is -2.42. The molecule has 2 aliphatic rings. The first-order valence-electron chi connectivity index (χ1n) is 7.41. The summed E-state index contributed by atoms with van der Waals surface area (Å²) in [5.41, 5.74) is 2.20. The maximum absolute atomic E-state index is 12.7. The Morgan fingerprint density at radius 3 is 2.90 bits per heavy atom. The van der Waals surface area contributed by atoms with Crippen LogP contribution < -0.4 is 5.32 Å². The molecule has 108 valence electrons. The number of nitrogens with zero attached hydrogens (tertiary/aromatic N) is 1. The zero-order valence-corrected chi connectivity index (χ0v) is 11.9. The molecule has 0 aromatic heterocycles. The Balaban J connectivity index is 1.68. The summed E-state index contributed by atoms with van der Waals surface area (Å²) >= 11 is 0. The molecule has 0 spiro atoms. The van der Waals surface area contributed by atoms with Crippen LogP contribution in [0.3, 0.4) is 0 Å². The van der Waals surface area contributed by atoms with Crippen LogP contribution in [0.2, 0.25) is 0 Å². The number of hydrogen-bond donors (Lipinski definition) is 2. The molecule has 1 aliphatic heterocycles. The molecule has 0 bridgehead atoms. The van der Waals surface area contributed by atoms with Crippen molar-refractivity contribution in [2.24, 2.45) is 5.92 Å². The quantitative estimate of drug-likeness (QED) is 0.884. The molecule has 3 rings (SSSR count). The summed E-state index contributed by atoms with van der Waals surface area (Å²) in [6.07, 6.45) is 2.37. The molecule has 0 radical (unpaired) electrons. The van der Waals surface area contributed by atoms with Crippen molar-refractivity contribution < 1.29 is 9.90 Å². The fourth-order valence-corrected chi connectivity index (χ4v) is 3.32. The van der Waals surface area contributed by atoms with Gasteiger partial charge in [-0.1, -0.05) is 18.2 Å². The third-order valence-corrected chi connectivity index (χ3v) is 4.50. The standard InChI is InChI=1S/C16H22N2O2/c1-18(10-11-8-12(19)9-11)16(20)14-6-7-17-15-5-3-2-4-13(14)15/h2-5,11-12,14,17,19H,6-10H2,1H3. The number of fused-ring (bicyclic) bond motifs is 1. The average molecular weight is 274 g/mol. The van der Waals surface area contributed by atoms with Crippen molar-refractivity contribution >= 4 is 11.6 Å². The number of aliphatic hydroxyl groups is 1. The highest BCUT2D eigenvalue weighted by Crippen LogP contribution is 2.33. The number of likely N-dealkylation sites (N-methyl/N-ethyl adjacent to an activating group) is 1. The smallest absolute Gasteiger partial charge is 0.230 e. The van der Waals surface area contributed by atoms with Crippen molar-refractivity contribution in [2.75, 3.05) is 25.5 Å². The van der Waals surface area contributed by atoms with Crippen LogP contribution in [0.25, 0.3) is 0 Å². The molecule has 1 unspecified atom stereocenters. The molecule has 1 saturated carbocycles. The third kappa shape index (κ3) is 2.52. The van der Waals surface area contributed by atoms with Gasteiger partial charge in [0.15, 0.2) is 0 Å². The predicted octanol–water partition coefficient (Wildman–Crippen LogP) is 1.82. The lowest BCUT2D eigenvalue weighted by molar-refractivity contribution is -0.133. The molecule has 1 fully saturated rings. The van der Waals surface area contributed by atoms with Crippen molar-refractivity contribution in [3.8, 4) is 0 Å². The minimum atomic E-state index is -0.150. The average Bonchev–Trinajstić information content (AvgIpc) is 2.44. The van der Waals surface area contributed by atoms with E-state index in [4.69, 9.17) is 0 Å². The second-order valence-electron chi connectivity index (χ2n) is 6.07. The Bertz CT molecular complexity index is 497. The lowest BCUT2D eigenvalue weighted by Gasteiger charge is -2.36. The van der Waals surface area contributed by atoms with Crippen molar-refractivity contribution in [2.45, 2.75) is 31.3 Å². The molecule has 1 aliphatic carbocycles. The molecule has 2 N–H and O–H groups in total. The van der Waals surface area contributed by atoms with Crippen molar-refractivity contribution in [3.63, 3.8) is 0 Å². The minimum absolute atomic E-state index is 0.0255. The van der Waals surface area contributed by atoms with E-state index in [0.29, 0.717) is 5.92 Å². The van der Waals surface area contributed by atoms with E-state index in [1.54, 1.807) is 0 Å². The maximum atomic E-state index is 12.7. The number of rotatable bonds is 3. The molecule has 1 heterocycles. The van der Waals surface area contributed by atoms with Crippen LogP contribution in [-0.4, -0.2) is 42.2 Å². The highest BCUT2D eigenvalue weighted by molar-refractivity contribution is 5.86. The van der Waals surface area contributed by atoms with E-state index in [1.807, 2.05) is 36.2 Å². The Morgan fingerprint density at radius 1 is 1.40 bits per heavy atom. The topological polar surface area (TPSA) is 52.6 Å². The van der Waals surface area contributed by atoms with Gasteiger partial charge in [-0.05, 0) is 36.8 Å². The minimum Gasteiger partial charge on any atom is -0.393 e. The summed E-state index contributed by atoms with van der Waals surface area (Å²) in [5, 5.41) is 12.7. The number of hydrogen-bond acceptors (Lipinski definition) is 3. The molecule has 1 amide bonds. The van der Waals surface area contributed by atoms with E-state index in [9.17, 15) is 9.90 Å². The van der Waals surface area contributed by atoms with Gasteiger partial charge in [0.25, 0.3) is 0 Å². The highest BCUT2D eigenvalue weighted by atomic mass is 16.3. The van der Waals surface area contributed by atoms with Gasteiger partial charge < -0.3 is 15.3 Å². The molecule has 20 heavy (non-hydrogen) atoms. The summed E-state index contributed by atoms with van der Waals surface area (Å²) < 4.78 is 0. The van der Waals surface area contributed by atoms with Gasteiger partial charge in [-0.25, -0.2) is 0 Å². The number of aliphatic hydroxyl groups excluding tert-OH is 1. The fourth-order valence-electron chi connectivity index (χ4n) is 3.32. The summed E-state index contributed by atoms with van der Waals surface area (Å²) in [7, 11) is 1.89. The molecule has 1 aromatic rings. The number of para-hydroxylation sites is 1. The van der Waals surface area contributed by atoms with Crippen molar-refractivity contribution in [1.29, 1.82) is 0 Å². The van der Waals surface area contributed by atoms with Crippen LogP contribution in [0, 0.1) is 5.92 Å². The van der Waals surface area contributed by atoms with Crippen LogP contribution in [-0.2, 0) is 4.79 Å². The van der Waals surface area contributed by atoms with Crippen LogP contribution in [0.15, 0.2) is 24.3 Å². The molecule has 0 saturated heterocycles. The second kappa shape index (κ2) is 5.44. The number of carbonyl (C=O) groups excluding carboxylic acids is 1. The van der Waals surface area contributed by atoms with Gasteiger partial charge in [-0.2, -0.15) is 0 Å². The monoisotopic (exact) mass is 274 g/mol. The van der Waals surface area contributed by atoms with E-state index in [1.165, 1.54) is 0 Å². The van der Waals surface area contributed by atoms with E-state index < -0.39 is 0 Å².